The number of hydrogen-bond acceptors (Lipinski definition) is 3. The summed E-state index contributed by atoms with van der Waals surface area (Å²) >= 11 is 0. The Labute approximate surface area is 183 Å². The van der Waals surface area contributed by atoms with Gasteiger partial charge in [0, 0.05) is 12.8 Å². The number of aliphatic hydroxyl groups is 2. The summed E-state index contributed by atoms with van der Waals surface area (Å²) in [7, 11) is 0. The number of carbonyl (C=O) groups is 1. The van der Waals surface area contributed by atoms with Crippen LogP contribution >= 0.6 is 0 Å². The zero-order valence-corrected chi connectivity index (χ0v) is 19.5. The molecule has 2 N–H and O–H groups in total. The van der Waals surface area contributed by atoms with Crippen molar-refractivity contribution in [2.75, 3.05) is 0 Å². The average Bonchev–Trinajstić information content (AvgIpc) is 2.98. The second-order valence-electron chi connectivity index (χ2n) is 11.2. The summed E-state index contributed by atoms with van der Waals surface area (Å²) < 4.78 is 0. The number of ketones is 1. The Bertz CT molecular complexity index is 723. The van der Waals surface area contributed by atoms with Crippen LogP contribution in [0.4, 0.5) is 0 Å². The maximum Gasteiger partial charge on any atom is 0.136 e. The number of hydrogen-bond donors (Lipinski definition) is 2. The van der Waals surface area contributed by atoms with E-state index in [1.54, 1.807) is 19.4 Å². The van der Waals surface area contributed by atoms with Crippen molar-refractivity contribution in [3.05, 3.63) is 35.5 Å². The molecule has 0 spiro atoms. The first-order chi connectivity index (χ1) is 14.0. The fraction of sp³-hybridized carbons (Fsp3) is 0.741. The zero-order valence-electron chi connectivity index (χ0n) is 19.5. The molecule has 3 rings (SSSR count). The van der Waals surface area contributed by atoms with Gasteiger partial charge >= 0.3 is 0 Å². The third-order valence-corrected chi connectivity index (χ3v) is 8.09. The minimum atomic E-state index is -0.913. The molecule has 0 amide bonds. The number of allylic oxidation sites excluding steroid dienone is 4. The zero-order chi connectivity index (χ0) is 22.1. The molecule has 0 radical (unpaired) electrons. The lowest BCUT2D eigenvalue weighted by Crippen LogP contribution is -2.36. The lowest BCUT2D eigenvalue weighted by atomic mass is 9.60. The maximum atomic E-state index is 12.5. The second-order valence-corrected chi connectivity index (χ2v) is 11.2. The molecule has 0 bridgehead atoms. The van der Waals surface area contributed by atoms with Crippen LogP contribution in [-0.4, -0.2) is 27.7 Å². The number of carbonyl (C=O) groups excluding carboxylic acids is 1. The van der Waals surface area contributed by atoms with Crippen molar-refractivity contribution in [3.8, 4) is 0 Å². The van der Waals surface area contributed by atoms with E-state index in [9.17, 15) is 15.0 Å². The molecule has 3 nitrogen and oxygen atoms in total. The van der Waals surface area contributed by atoms with Crippen LogP contribution < -0.4 is 0 Å². The lowest BCUT2D eigenvalue weighted by molar-refractivity contribution is -0.124. The molecule has 3 fully saturated rings. The minimum Gasteiger partial charge on any atom is -0.393 e. The predicted octanol–water partition coefficient (Wildman–Crippen LogP) is 5.91. The molecular formula is C27H42O3. The summed E-state index contributed by atoms with van der Waals surface area (Å²) in [6.07, 6.45) is 13.7. The van der Waals surface area contributed by atoms with Gasteiger partial charge in [-0.3, -0.25) is 4.79 Å². The number of rotatable bonds is 6. The molecule has 5 atom stereocenters. The molecule has 3 aliphatic rings. The van der Waals surface area contributed by atoms with Gasteiger partial charge < -0.3 is 10.2 Å². The topological polar surface area (TPSA) is 57.5 Å². The van der Waals surface area contributed by atoms with Crippen LogP contribution in [-0.2, 0) is 4.79 Å². The fourth-order valence-corrected chi connectivity index (χ4v) is 6.67. The van der Waals surface area contributed by atoms with Crippen LogP contribution in [0, 0.1) is 23.2 Å². The van der Waals surface area contributed by atoms with Crippen LogP contribution in [0.3, 0.4) is 0 Å². The molecule has 0 saturated heterocycles. The molecule has 3 saturated carbocycles. The highest BCUT2D eigenvalue weighted by atomic mass is 16.3. The van der Waals surface area contributed by atoms with Crippen molar-refractivity contribution < 1.29 is 15.0 Å². The van der Waals surface area contributed by atoms with Crippen molar-refractivity contribution in [3.63, 3.8) is 0 Å². The van der Waals surface area contributed by atoms with Crippen LogP contribution in [0.15, 0.2) is 35.5 Å². The molecule has 0 heterocycles. The Morgan fingerprint density at radius 1 is 1.27 bits per heavy atom. The van der Waals surface area contributed by atoms with Gasteiger partial charge in [0.25, 0.3) is 0 Å². The Morgan fingerprint density at radius 2 is 2.00 bits per heavy atom. The first-order valence-electron chi connectivity index (χ1n) is 12.0. The Balaban J connectivity index is 1.72. The fourth-order valence-electron chi connectivity index (χ4n) is 6.67. The average molecular weight is 415 g/mol. The molecule has 5 unspecified atom stereocenters. The maximum absolute atomic E-state index is 12.5. The Hall–Kier alpha value is -1.19. The molecular weight excluding hydrogens is 372 g/mol. The molecule has 0 aliphatic heterocycles. The van der Waals surface area contributed by atoms with E-state index in [1.807, 2.05) is 0 Å². The van der Waals surface area contributed by atoms with E-state index in [0.29, 0.717) is 24.2 Å². The standard InChI is InChI=1S/C27H42O3/c1-18-8-11-22(28)16-21(18)10-9-20-7-6-14-27(5)24(12-13-25(20)27)19(2)15-23(29)17-26(3,4)30/h9-10,19,22,24-25,28,30H,1,6-8,11-17H2,2-5H3. The van der Waals surface area contributed by atoms with E-state index in [4.69, 9.17) is 0 Å². The van der Waals surface area contributed by atoms with Gasteiger partial charge in [-0.2, -0.15) is 0 Å². The van der Waals surface area contributed by atoms with Gasteiger partial charge in [0.2, 0.25) is 0 Å². The van der Waals surface area contributed by atoms with Crippen molar-refractivity contribution >= 4 is 5.78 Å². The van der Waals surface area contributed by atoms with Crippen LogP contribution in [0.1, 0.15) is 91.9 Å². The third kappa shape index (κ3) is 5.34. The first kappa shape index (κ1) is 23.5. The summed E-state index contributed by atoms with van der Waals surface area (Å²) in [5.41, 5.74) is 3.30. The van der Waals surface area contributed by atoms with E-state index < -0.39 is 5.60 Å². The summed E-state index contributed by atoms with van der Waals surface area (Å²) in [5, 5.41) is 20.0. The molecule has 0 aromatic rings. The van der Waals surface area contributed by atoms with E-state index in [1.165, 1.54) is 36.8 Å². The Kier molecular flexibility index (Phi) is 7.14. The van der Waals surface area contributed by atoms with E-state index >= 15 is 0 Å². The minimum absolute atomic E-state index is 0.188. The lowest BCUT2D eigenvalue weighted by Gasteiger charge is -2.44. The Morgan fingerprint density at radius 3 is 2.70 bits per heavy atom. The van der Waals surface area contributed by atoms with Crippen molar-refractivity contribution in [1.29, 1.82) is 0 Å². The summed E-state index contributed by atoms with van der Waals surface area (Å²) in [4.78, 5) is 12.5. The molecule has 0 aromatic heterocycles. The first-order valence-corrected chi connectivity index (χ1v) is 12.0. The van der Waals surface area contributed by atoms with Crippen LogP contribution in [0.5, 0.6) is 0 Å². The van der Waals surface area contributed by atoms with Crippen LogP contribution in [0.25, 0.3) is 0 Å². The molecule has 3 heteroatoms. The van der Waals surface area contributed by atoms with Crippen molar-refractivity contribution in [1.82, 2.24) is 0 Å². The number of aliphatic hydroxyl groups excluding tert-OH is 1. The van der Waals surface area contributed by atoms with Gasteiger partial charge in [0.15, 0.2) is 0 Å². The highest BCUT2D eigenvalue weighted by Crippen LogP contribution is 2.59. The van der Waals surface area contributed by atoms with Gasteiger partial charge in [-0.1, -0.05) is 43.7 Å². The third-order valence-electron chi connectivity index (χ3n) is 8.09. The highest BCUT2D eigenvalue weighted by Gasteiger charge is 2.50. The molecule has 3 aliphatic carbocycles. The summed E-state index contributed by atoms with van der Waals surface area (Å²) in [6, 6.07) is 0. The van der Waals surface area contributed by atoms with Gasteiger partial charge in [-0.25, -0.2) is 0 Å². The molecule has 168 valence electrons. The predicted molar refractivity (Wildman–Crippen MR) is 123 cm³/mol. The monoisotopic (exact) mass is 414 g/mol. The van der Waals surface area contributed by atoms with Gasteiger partial charge in [-0.15, -0.1) is 0 Å². The second kappa shape index (κ2) is 9.12. The molecule has 30 heavy (non-hydrogen) atoms. The summed E-state index contributed by atoms with van der Waals surface area (Å²) in [6.45, 7) is 12.3. The largest absolute Gasteiger partial charge is 0.393 e. The SMILES string of the molecule is C=C1CCC(O)CC1=CC=C1CCCC2(C)C1CCC2C(C)CC(=O)CC(C)(C)O. The quantitative estimate of drug-likeness (QED) is 0.568. The smallest absolute Gasteiger partial charge is 0.136 e. The molecule has 0 aromatic carbocycles. The van der Waals surface area contributed by atoms with Gasteiger partial charge in [0.1, 0.15) is 5.78 Å². The van der Waals surface area contributed by atoms with Crippen molar-refractivity contribution in [2.24, 2.45) is 23.2 Å². The van der Waals surface area contributed by atoms with Crippen LogP contribution in [0.2, 0.25) is 0 Å². The van der Waals surface area contributed by atoms with E-state index in [-0.39, 0.29) is 23.7 Å². The van der Waals surface area contributed by atoms with E-state index in [0.717, 1.165) is 25.7 Å². The normalized spacial score (nSPS) is 36.2. The number of fused-ring (bicyclic) bond motifs is 1. The summed E-state index contributed by atoms with van der Waals surface area (Å²) in [5.74, 6) is 1.71. The van der Waals surface area contributed by atoms with Gasteiger partial charge in [-0.05, 0) is 94.0 Å². The van der Waals surface area contributed by atoms with Gasteiger partial charge in [0.05, 0.1) is 11.7 Å². The van der Waals surface area contributed by atoms with Crippen molar-refractivity contribution in [2.45, 2.75) is 104 Å². The van der Waals surface area contributed by atoms with E-state index in [2.05, 4.69) is 32.6 Å². The highest BCUT2D eigenvalue weighted by molar-refractivity contribution is 5.79. The number of Topliss-reactive ketones (excluding diaryl/α,β-unsaturated/α-hetero) is 1.